The molecule has 0 aromatic heterocycles. The smallest absolute Gasteiger partial charge is 0.177 e. The summed E-state index contributed by atoms with van der Waals surface area (Å²) in [6.45, 7) is 0. The van der Waals surface area contributed by atoms with Gasteiger partial charge in [-0.3, -0.25) is 0 Å². The van der Waals surface area contributed by atoms with Gasteiger partial charge in [0.1, 0.15) is 0 Å². The average Bonchev–Trinajstić information content (AvgIpc) is 2.19. The Kier molecular flexibility index (Phi) is 4.38. The van der Waals surface area contributed by atoms with Crippen LogP contribution in [0.5, 0.6) is 0 Å². The van der Waals surface area contributed by atoms with Crippen molar-refractivity contribution in [3.8, 4) is 0 Å². The van der Waals surface area contributed by atoms with Crippen LogP contribution in [0.25, 0.3) is 0 Å². The van der Waals surface area contributed by atoms with Gasteiger partial charge in [-0.05, 0) is 23.8 Å². The second-order valence-electron chi connectivity index (χ2n) is 2.49. The summed E-state index contributed by atoms with van der Waals surface area (Å²) in [6, 6.07) is 5.27. The molecular weight excluding hydrogens is 241 g/mol. The lowest BCUT2D eigenvalue weighted by Gasteiger charge is -2.03. The van der Waals surface area contributed by atoms with Crippen LogP contribution in [0.2, 0.25) is 10.0 Å². The van der Waals surface area contributed by atoms with Gasteiger partial charge in [0.25, 0.3) is 0 Å². The first kappa shape index (κ1) is 11.5. The molecule has 0 unspecified atom stereocenters. The number of hydrazone groups is 1. The fraction of sp³-hybridized carbons (Fsp3) is 0.125. The van der Waals surface area contributed by atoms with E-state index >= 15 is 0 Å². The van der Waals surface area contributed by atoms with Gasteiger partial charge in [-0.15, -0.1) is 0 Å². The summed E-state index contributed by atoms with van der Waals surface area (Å²) in [5.41, 5.74) is 6.33. The van der Waals surface area contributed by atoms with Gasteiger partial charge in [0, 0.05) is 15.8 Å². The molecule has 0 saturated carbocycles. The predicted octanol–water partition coefficient (Wildman–Crippen LogP) is 2.42. The molecule has 0 aliphatic rings. The number of halogens is 2. The van der Waals surface area contributed by atoms with Crippen molar-refractivity contribution in [2.45, 2.75) is 5.75 Å². The van der Waals surface area contributed by atoms with Crippen LogP contribution in [0.3, 0.4) is 0 Å². The average molecular weight is 250 g/mol. The third-order valence-electron chi connectivity index (χ3n) is 1.51. The molecule has 1 aromatic rings. The molecule has 0 atom stereocenters. The van der Waals surface area contributed by atoms with E-state index in [4.69, 9.17) is 34.8 Å². The molecule has 14 heavy (non-hydrogen) atoms. The van der Waals surface area contributed by atoms with Crippen LogP contribution in [0.15, 0.2) is 23.3 Å². The van der Waals surface area contributed by atoms with Crippen molar-refractivity contribution in [2.24, 2.45) is 16.7 Å². The molecule has 0 spiro atoms. The first-order chi connectivity index (χ1) is 6.63. The molecule has 1 rings (SSSR count). The van der Waals surface area contributed by atoms with Crippen LogP contribution in [0.1, 0.15) is 5.56 Å². The molecule has 6 heteroatoms. The van der Waals surface area contributed by atoms with Gasteiger partial charge in [0.2, 0.25) is 0 Å². The van der Waals surface area contributed by atoms with Gasteiger partial charge in [0.15, 0.2) is 5.17 Å². The molecule has 0 fully saturated rings. The monoisotopic (exact) mass is 249 g/mol. The Morgan fingerprint density at radius 2 is 2.14 bits per heavy atom. The fourth-order valence-corrected chi connectivity index (χ4v) is 1.92. The maximum atomic E-state index is 5.94. The molecule has 3 nitrogen and oxygen atoms in total. The lowest BCUT2D eigenvalue weighted by molar-refractivity contribution is 1.25. The Hall–Kier alpha value is -0.580. The van der Waals surface area contributed by atoms with Crippen molar-refractivity contribution in [1.29, 1.82) is 0 Å². The summed E-state index contributed by atoms with van der Waals surface area (Å²) in [7, 11) is 0. The lowest BCUT2D eigenvalue weighted by atomic mass is 10.2. The molecule has 0 saturated heterocycles. The number of hydrogen-bond donors (Lipinski definition) is 2. The maximum absolute atomic E-state index is 5.94. The van der Waals surface area contributed by atoms with Crippen LogP contribution < -0.4 is 11.6 Å². The standard InChI is InChI=1S/C8H9Cl2N3S/c9-6-1-2-7(10)5(3-6)4-14-8(11)13-12/h1-3H,4,12H2,(H2,11,13). The summed E-state index contributed by atoms with van der Waals surface area (Å²) in [5.74, 6) is 5.59. The largest absolute Gasteiger partial charge is 0.377 e. The van der Waals surface area contributed by atoms with E-state index in [0.29, 0.717) is 21.0 Å². The van der Waals surface area contributed by atoms with Gasteiger partial charge in [0.05, 0.1) is 0 Å². The Bertz CT molecular complexity index is 354. The first-order valence-corrected chi connectivity index (χ1v) is 5.47. The topological polar surface area (TPSA) is 64.4 Å². The van der Waals surface area contributed by atoms with E-state index in [1.54, 1.807) is 18.2 Å². The second kappa shape index (κ2) is 5.34. The number of hydrogen-bond acceptors (Lipinski definition) is 3. The molecule has 0 aliphatic carbocycles. The second-order valence-corrected chi connectivity index (χ2v) is 4.33. The van der Waals surface area contributed by atoms with Gasteiger partial charge in [-0.2, -0.15) is 5.10 Å². The van der Waals surface area contributed by atoms with Crippen molar-refractivity contribution in [2.75, 3.05) is 0 Å². The molecule has 4 N–H and O–H groups in total. The Balaban J connectivity index is 2.71. The number of thioether (sulfide) groups is 1. The number of benzene rings is 1. The van der Waals surface area contributed by atoms with Crippen LogP contribution in [0, 0.1) is 0 Å². The van der Waals surface area contributed by atoms with Crippen LogP contribution in [0.4, 0.5) is 0 Å². The van der Waals surface area contributed by atoms with Crippen molar-refractivity contribution in [1.82, 2.24) is 0 Å². The van der Waals surface area contributed by atoms with Crippen molar-refractivity contribution >= 4 is 40.1 Å². The van der Waals surface area contributed by atoms with Gasteiger partial charge in [-0.25, -0.2) is 0 Å². The Morgan fingerprint density at radius 1 is 1.43 bits per heavy atom. The summed E-state index contributed by atoms with van der Waals surface area (Å²) in [5, 5.41) is 4.96. The van der Waals surface area contributed by atoms with Gasteiger partial charge < -0.3 is 11.6 Å². The predicted molar refractivity (Wildman–Crippen MR) is 63.6 cm³/mol. The third kappa shape index (κ3) is 3.29. The van der Waals surface area contributed by atoms with Crippen molar-refractivity contribution in [3.05, 3.63) is 33.8 Å². The number of amidine groups is 1. The molecular formula is C8H9Cl2N3S. The van der Waals surface area contributed by atoms with Crippen LogP contribution in [-0.2, 0) is 5.75 Å². The highest BCUT2D eigenvalue weighted by Gasteiger charge is 2.02. The zero-order chi connectivity index (χ0) is 10.6. The number of rotatable bonds is 2. The van der Waals surface area contributed by atoms with E-state index in [-0.39, 0.29) is 0 Å². The molecule has 76 valence electrons. The highest BCUT2D eigenvalue weighted by atomic mass is 35.5. The van der Waals surface area contributed by atoms with E-state index in [1.807, 2.05) is 0 Å². The Morgan fingerprint density at radius 3 is 2.79 bits per heavy atom. The minimum atomic E-state index is 0.320. The third-order valence-corrected chi connectivity index (χ3v) is 2.97. The van der Waals surface area contributed by atoms with E-state index in [9.17, 15) is 0 Å². The molecule has 0 bridgehead atoms. The highest BCUT2D eigenvalue weighted by Crippen LogP contribution is 2.24. The van der Waals surface area contributed by atoms with Crippen LogP contribution >= 0.6 is 35.0 Å². The van der Waals surface area contributed by atoms with Crippen molar-refractivity contribution in [3.63, 3.8) is 0 Å². The molecule has 0 heterocycles. The molecule has 1 aromatic carbocycles. The summed E-state index contributed by atoms with van der Waals surface area (Å²) < 4.78 is 0. The lowest BCUT2D eigenvalue weighted by Crippen LogP contribution is -2.09. The zero-order valence-corrected chi connectivity index (χ0v) is 9.53. The van der Waals surface area contributed by atoms with Gasteiger partial charge in [-0.1, -0.05) is 35.0 Å². The maximum Gasteiger partial charge on any atom is 0.177 e. The fourth-order valence-electron chi connectivity index (χ4n) is 0.843. The Labute approximate surface area is 96.4 Å². The minimum absolute atomic E-state index is 0.320. The van der Waals surface area contributed by atoms with Gasteiger partial charge >= 0.3 is 0 Å². The SMILES string of the molecule is NN=C(N)SCc1cc(Cl)ccc1Cl. The first-order valence-electron chi connectivity index (χ1n) is 3.73. The minimum Gasteiger partial charge on any atom is -0.377 e. The van der Waals surface area contributed by atoms with E-state index in [0.717, 1.165) is 5.56 Å². The summed E-state index contributed by atoms with van der Waals surface area (Å²) >= 11 is 13.1. The molecule has 0 amide bonds. The molecule has 0 radical (unpaired) electrons. The van der Waals surface area contributed by atoms with E-state index in [2.05, 4.69) is 5.10 Å². The highest BCUT2D eigenvalue weighted by molar-refractivity contribution is 8.13. The number of nitrogens with two attached hydrogens (primary N) is 2. The summed E-state index contributed by atoms with van der Waals surface area (Å²) in [4.78, 5) is 0. The van der Waals surface area contributed by atoms with E-state index in [1.165, 1.54) is 11.8 Å². The van der Waals surface area contributed by atoms with Crippen molar-refractivity contribution < 1.29 is 0 Å². The van der Waals surface area contributed by atoms with Crippen LogP contribution in [-0.4, -0.2) is 5.17 Å². The normalized spacial score (nSPS) is 11.7. The quantitative estimate of drug-likeness (QED) is 0.366. The van der Waals surface area contributed by atoms with E-state index < -0.39 is 0 Å². The summed E-state index contributed by atoms with van der Waals surface area (Å²) in [6.07, 6.45) is 0. The zero-order valence-electron chi connectivity index (χ0n) is 7.21. The number of nitrogens with zero attached hydrogens (tertiary/aromatic N) is 1. The molecule has 0 aliphatic heterocycles.